The molecular weight excluding hydrogens is 304 g/mol. The number of nitrogens with one attached hydrogen (secondary N) is 2. The zero-order valence-corrected chi connectivity index (χ0v) is 12.9. The Morgan fingerprint density at radius 1 is 1.17 bits per heavy atom. The van der Waals surface area contributed by atoms with Gasteiger partial charge in [-0.1, -0.05) is 12.1 Å². The van der Waals surface area contributed by atoms with Crippen LogP contribution in [0.4, 0.5) is 5.69 Å². The van der Waals surface area contributed by atoms with Crippen molar-refractivity contribution in [2.45, 2.75) is 18.9 Å². The van der Waals surface area contributed by atoms with Gasteiger partial charge >= 0.3 is 0 Å². The number of rotatable bonds is 3. The topological polar surface area (TPSA) is 76.0 Å². The molecule has 0 bridgehead atoms. The SMILES string of the molecule is O=C1CCC(C(=O)Nc2ccc(-n3cnc4ccccc43)cc2)N1. The van der Waals surface area contributed by atoms with Crippen molar-refractivity contribution in [1.82, 2.24) is 14.9 Å². The fourth-order valence-corrected chi connectivity index (χ4v) is 2.91. The Bertz CT molecular complexity index is 914. The molecule has 6 nitrogen and oxygen atoms in total. The molecule has 0 radical (unpaired) electrons. The molecular formula is C18H16N4O2. The molecule has 2 N–H and O–H groups in total. The number of carbonyl (C=O) groups excluding carboxylic acids is 2. The van der Waals surface area contributed by atoms with Gasteiger partial charge in [-0.3, -0.25) is 14.2 Å². The monoisotopic (exact) mass is 320 g/mol. The highest BCUT2D eigenvalue weighted by Gasteiger charge is 2.27. The van der Waals surface area contributed by atoms with E-state index in [-0.39, 0.29) is 11.8 Å². The highest BCUT2D eigenvalue weighted by Crippen LogP contribution is 2.20. The fourth-order valence-electron chi connectivity index (χ4n) is 2.91. The normalized spacial score (nSPS) is 17.0. The lowest BCUT2D eigenvalue weighted by molar-refractivity contribution is -0.122. The maximum atomic E-state index is 12.1. The molecule has 1 unspecified atom stereocenters. The average molecular weight is 320 g/mol. The van der Waals surface area contributed by atoms with Gasteiger partial charge < -0.3 is 10.6 Å². The molecule has 2 amide bonds. The van der Waals surface area contributed by atoms with Gasteiger partial charge in [0.1, 0.15) is 12.4 Å². The van der Waals surface area contributed by atoms with Crippen molar-refractivity contribution in [2.24, 2.45) is 0 Å². The standard InChI is InChI=1S/C18H16N4O2/c23-17-10-9-15(21-17)18(24)20-12-5-7-13(8-6-12)22-11-19-14-3-1-2-4-16(14)22/h1-8,11,15H,9-10H2,(H,20,24)(H,21,23). The highest BCUT2D eigenvalue weighted by molar-refractivity contribution is 5.99. The number of fused-ring (bicyclic) bond motifs is 1. The highest BCUT2D eigenvalue weighted by atomic mass is 16.2. The third-order valence-corrected chi connectivity index (χ3v) is 4.18. The summed E-state index contributed by atoms with van der Waals surface area (Å²) in [5.41, 5.74) is 3.64. The first kappa shape index (κ1) is 14.4. The summed E-state index contributed by atoms with van der Waals surface area (Å²) >= 11 is 0. The van der Waals surface area contributed by atoms with Crippen LogP contribution in [0.15, 0.2) is 54.9 Å². The minimum absolute atomic E-state index is 0.0718. The molecule has 1 atom stereocenters. The third kappa shape index (κ3) is 2.62. The molecule has 1 aliphatic rings. The maximum absolute atomic E-state index is 12.1. The number of aromatic nitrogens is 2. The molecule has 4 rings (SSSR count). The van der Waals surface area contributed by atoms with Crippen LogP contribution >= 0.6 is 0 Å². The summed E-state index contributed by atoms with van der Waals surface area (Å²) in [6.07, 6.45) is 2.74. The van der Waals surface area contributed by atoms with Crippen LogP contribution in [0, 0.1) is 0 Å². The number of nitrogens with zero attached hydrogens (tertiary/aromatic N) is 2. The fraction of sp³-hybridized carbons (Fsp3) is 0.167. The number of carbonyl (C=O) groups is 2. The van der Waals surface area contributed by atoms with E-state index in [1.807, 2.05) is 53.1 Å². The second-order valence-electron chi connectivity index (χ2n) is 5.80. The first-order chi connectivity index (χ1) is 11.7. The molecule has 2 heterocycles. The lowest BCUT2D eigenvalue weighted by Gasteiger charge is -2.11. The van der Waals surface area contributed by atoms with E-state index >= 15 is 0 Å². The second kappa shape index (κ2) is 5.81. The Morgan fingerprint density at radius 3 is 2.71 bits per heavy atom. The Morgan fingerprint density at radius 2 is 1.96 bits per heavy atom. The summed E-state index contributed by atoms with van der Waals surface area (Å²) in [6.45, 7) is 0. The summed E-state index contributed by atoms with van der Waals surface area (Å²) in [5.74, 6) is -0.251. The van der Waals surface area contributed by atoms with E-state index < -0.39 is 6.04 Å². The molecule has 0 saturated carbocycles. The molecule has 1 aliphatic heterocycles. The zero-order valence-electron chi connectivity index (χ0n) is 12.9. The van der Waals surface area contributed by atoms with E-state index in [1.54, 1.807) is 6.33 Å². The summed E-state index contributed by atoms with van der Waals surface area (Å²) in [4.78, 5) is 27.7. The second-order valence-corrected chi connectivity index (χ2v) is 5.80. The smallest absolute Gasteiger partial charge is 0.246 e. The lowest BCUT2D eigenvalue weighted by Crippen LogP contribution is -2.37. The van der Waals surface area contributed by atoms with E-state index in [0.717, 1.165) is 16.7 Å². The van der Waals surface area contributed by atoms with Crippen LogP contribution in [0.2, 0.25) is 0 Å². The van der Waals surface area contributed by atoms with Crippen molar-refractivity contribution in [1.29, 1.82) is 0 Å². The van der Waals surface area contributed by atoms with Crippen molar-refractivity contribution in [3.05, 3.63) is 54.9 Å². The van der Waals surface area contributed by atoms with Gasteiger partial charge in [0, 0.05) is 17.8 Å². The quantitative estimate of drug-likeness (QED) is 0.777. The largest absolute Gasteiger partial charge is 0.344 e. The third-order valence-electron chi connectivity index (χ3n) is 4.18. The van der Waals surface area contributed by atoms with E-state index in [2.05, 4.69) is 15.6 Å². The van der Waals surface area contributed by atoms with Crippen LogP contribution in [-0.2, 0) is 9.59 Å². The Hall–Kier alpha value is -3.15. The van der Waals surface area contributed by atoms with Crippen LogP contribution in [0.3, 0.4) is 0 Å². The van der Waals surface area contributed by atoms with E-state index in [9.17, 15) is 9.59 Å². The van der Waals surface area contributed by atoms with Gasteiger partial charge in [0.05, 0.1) is 11.0 Å². The van der Waals surface area contributed by atoms with Crippen molar-refractivity contribution in [2.75, 3.05) is 5.32 Å². The van der Waals surface area contributed by atoms with Crippen LogP contribution in [0.25, 0.3) is 16.7 Å². The molecule has 0 aliphatic carbocycles. The number of imidazole rings is 1. The number of hydrogen-bond acceptors (Lipinski definition) is 3. The van der Waals surface area contributed by atoms with Crippen molar-refractivity contribution < 1.29 is 9.59 Å². The van der Waals surface area contributed by atoms with Gasteiger partial charge in [0.15, 0.2) is 0 Å². The molecule has 6 heteroatoms. The van der Waals surface area contributed by atoms with Gasteiger partial charge in [-0.05, 0) is 42.8 Å². The van der Waals surface area contributed by atoms with E-state index in [4.69, 9.17) is 0 Å². The van der Waals surface area contributed by atoms with E-state index in [0.29, 0.717) is 18.5 Å². The van der Waals surface area contributed by atoms with Gasteiger partial charge in [0.2, 0.25) is 11.8 Å². The predicted molar refractivity (Wildman–Crippen MR) is 90.9 cm³/mol. The zero-order chi connectivity index (χ0) is 16.5. The number of benzene rings is 2. The van der Waals surface area contributed by atoms with Gasteiger partial charge in [-0.15, -0.1) is 0 Å². The molecule has 1 aromatic heterocycles. The van der Waals surface area contributed by atoms with Gasteiger partial charge in [-0.25, -0.2) is 4.98 Å². The first-order valence-electron chi connectivity index (χ1n) is 7.83. The van der Waals surface area contributed by atoms with Crippen LogP contribution in [-0.4, -0.2) is 27.4 Å². The average Bonchev–Trinajstić information content (AvgIpc) is 3.22. The summed E-state index contributed by atoms with van der Waals surface area (Å²) in [6, 6.07) is 15.0. The van der Waals surface area contributed by atoms with Crippen molar-refractivity contribution in [3.63, 3.8) is 0 Å². The predicted octanol–water partition coefficient (Wildman–Crippen LogP) is 2.24. The minimum Gasteiger partial charge on any atom is -0.344 e. The molecule has 1 fully saturated rings. The summed E-state index contributed by atoms with van der Waals surface area (Å²) in [7, 11) is 0. The molecule has 2 aromatic carbocycles. The molecule has 3 aromatic rings. The van der Waals surface area contributed by atoms with Crippen molar-refractivity contribution in [3.8, 4) is 5.69 Å². The maximum Gasteiger partial charge on any atom is 0.246 e. The van der Waals surface area contributed by atoms with E-state index in [1.165, 1.54) is 0 Å². The first-order valence-corrected chi connectivity index (χ1v) is 7.83. The molecule has 0 spiro atoms. The van der Waals surface area contributed by atoms with Crippen LogP contribution < -0.4 is 10.6 Å². The number of para-hydroxylation sites is 2. The lowest BCUT2D eigenvalue weighted by atomic mass is 10.2. The summed E-state index contributed by atoms with van der Waals surface area (Å²) in [5, 5.41) is 5.50. The number of hydrogen-bond donors (Lipinski definition) is 2. The van der Waals surface area contributed by atoms with Crippen LogP contribution in [0.1, 0.15) is 12.8 Å². The minimum atomic E-state index is -0.435. The Balaban J connectivity index is 1.52. The number of amides is 2. The van der Waals surface area contributed by atoms with Gasteiger partial charge in [0.25, 0.3) is 0 Å². The van der Waals surface area contributed by atoms with Gasteiger partial charge in [-0.2, -0.15) is 0 Å². The molecule has 120 valence electrons. The van der Waals surface area contributed by atoms with Crippen molar-refractivity contribution >= 4 is 28.5 Å². The summed E-state index contributed by atoms with van der Waals surface area (Å²) < 4.78 is 2.00. The molecule has 1 saturated heterocycles. The number of anilines is 1. The Labute approximate surface area is 138 Å². The Kier molecular flexibility index (Phi) is 3.49. The van der Waals surface area contributed by atoms with Crippen LogP contribution in [0.5, 0.6) is 0 Å². The molecule has 24 heavy (non-hydrogen) atoms.